The van der Waals surface area contributed by atoms with Gasteiger partial charge in [-0.3, -0.25) is 14.0 Å². The van der Waals surface area contributed by atoms with Crippen molar-refractivity contribution in [2.45, 2.75) is 52.1 Å². The maximum Gasteiger partial charge on any atom is 0.291 e. The molecule has 1 aliphatic carbocycles. The molecule has 1 N–H and O–H groups in total. The van der Waals surface area contributed by atoms with Gasteiger partial charge in [0.05, 0.1) is 0 Å². The van der Waals surface area contributed by atoms with Crippen LogP contribution in [0.15, 0.2) is 23.1 Å². The Morgan fingerprint density at radius 1 is 1.36 bits per heavy atom. The number of fused-ring (bicyclic) bond motifs is 1. The first-order valence-electron chi connectivity index (χ1n) is 7.89. The fraction of sp³-hybridized carbons (Fsp3) is 0.562. The maximum absolute atomic E-state index is 12.3. The SMILES string of the molecule is Cc1nn(CC(=O)NC2CCC(C)CC2)c(=O)c2cccn12. The van der Waals surface area contributed by atoms with Gasteiger partial charge < -0.3 is 5.32 Å². The average molecular weight is 302 g/mol. The Hall–Kier alpha value is -2.11. The van der Waals surface area contributed by atoms with Crippen LogP contribution in [0.25, 0.3) is 5.52 Å². The van der Waals surface area contributed by atoms with Gasteiger partial charge in [-0.25, -0.2) is 4.68 Å². The van der Waals surface area contributed by atoms with Crippen molar-refractivity contribution < 1.29 is 4.79 Å². The van der Waals surface area contributed by atoms with Crippen LogP contribution in [0.1, 0.15) is 38.4 Å². The molecule has 0 spiro atoms. The number of hydrogen-bond acceptors (Lipinski definition) is 3. The number of nitrogens with one attached hydrogen (secondary N) is 1. The molecule has 0 unspecified atom stereocenters. The predicted octanol–water partition coefficient (Wildman–Crippen LogP) is 1.50. The quantitative estimate of drug-likeness (QED) is 0.934. The summed E-state index contributed by atoms with van der Waals surface area (Å²) in [5, 5.41) is 7.26. The molecular formula is C16H22N4O2. The smallest absolute Gasteiger partial charge is 0.291 e. The van der Waals surface area contributed by atoms with Gasteiger partial charge in [-0.1, -0.05) is 6.92 Å². The highest BCUT2D eigenvalue weighted by molar-refractivity contribution is 5.76. The van der Waals surface area contributed by atoms with Crippen LogP contribution in [0.2, 0.25) is 0 Å². The Morgan fingerprint density at radius 2 is 2.09 bits per heavy atom. The monoisotopic (exact) mass is 302 g/mol. The summed E-state index contributed by atoms with van der Waals surface area (Å²) in [6.45, 7) is 4.05. The molecular weight excluding hydrogens is 280 g/mol. The lowest BCUT2D eigenvalue weighted by atomic mass is 9.87. The second kappa shape index (κ2) is 5.94. The van der Waals surface area contributed by atoms with E-state index in [-0.39, 0.29) is 24.1 Å². The molecule has 6 nitrogen and oxygen atoms in total. The molecule has 2 heterocycles. The van der Waals surface area contributed by atoms with Crippen LogP contribution >= 0.6 is 0 Å². The van der Waals surface area contributed by atoms with E-state index in [9.17, 15) is 9.59 Å². The number of hydrogen-bond donors (Lipinski definition) is 1. The summed E-state index contributed by atoms with van der Waals surface area (Å²) in [6, 6.07) is 3.78. The maximum atomic E-state index is 12.3. The van der Waals surface area contributed by atoms with Crippen LogP contribution in [-0.2, 0) is 11.3 Å². The van der Waals surface area contributed by atoms with Crippen LogP contribution in [-0.4, -0.2) is 26.1 Å². The van der Waals surface area contributed by atoms with Crippen LogP contribution in [0.3, 0.4) is 0 Å². The van der Waals surface area contributed by atoms with Crippen molar-refractivity contribution in [2.75, 3.05) is 0 Å². The molecule has 0 bridgehead atoms. The topological polar surface area (TPSA) is 68.4 Å². The van der Waals surface area contributed by atoms with E-state index >= 15 is 0 Å². The minimum Gasteiger partial charge on any atom is -0.352 e. The van der Waals surface area contributed by atoms with Crippen LogP contribution in [0.4, 0.5) is 0 Å². The van der Waals surface area contributed by atoms with Crippen molar-refractivity contribution in [2.24, 2.45) is 5.92 Å². The standard InChI is InChI=1S/C16H22N4O2/c1-11-5-7-13(8-6-11)17-15(21)10-20-16(22)14-4-3-9-19(14)12(2)18-20/h3-4,9,11,13H,5-8,10H2,1-2H3,(H,17,21). The van der Waals surface area contributed by atoms with Crippen LogP contribution in [0, 0.1) is 12.8 Å². The van der Waals surface area contributed by atoms with Gasteiger partial charge in [-0.15, -0.1) is 0 Å². The molecule has 1 amide bonds. The number of rotatable bonds is 3. The zero-order valence-corrected chi connectivity index (χ0v) is 13.1. The summed E-state index contributed by atoms with van der Waals surface area (Å²) in [6.07, 6.45) is 6.14. The largest absolute Gasteiger partial charge is 0.352 e. The fourth-order valence-electron chi connectivity index (χ4n) is 3.16. The van der Waals surface area contributed by atoms with Crippen molar-refractivity contribution in [1.29, 1.82) is 0 Å². The summed E-state index contributed by atoms with van der Waals surface area (Å²) in [5.74, 6) is 1.31. The number of aromatic nitrogens is 3. The Morgan fingerprint density at radius 3 is 2.82 bits per heavy atom. The number of nitrogens with zero attached hydrogens (tertiary/aromatic N) is 3. The van der Waals surface area contributed by atoms with E-state index < -0.39 is 0 Å². The van der Waals surface area contributed by atoms with Gasteiger partial charge in [-0.2, -0.15) is 5.10 Å². The van der Waals surface area contributed by atoms with Gasteiger partial charge in [0.25, 0.3) is 5.56 Å². The summed E-state index contributed by atoms with van der Waals surface area (Å²) < 4.78 is 2.99. The van der Waals surface area contributed by atoms with E-state index in [1.165, 1.54) is 4.68 Å². The number of aryl methyl sites for hydroxylation is 1. The molecule has 118 valence electrons. The van der Waals surface area contributed by atoms with E-state index in [4.69, 9.17) is 0 Å². The Bertz CT molecular complexity index is 738. The molecule has 0 aliphatic heterocycles. The molecule has 0 aromatic carbocycles. The van der Waals surface area contributed by atoms with E-state index in [1.807, 2.05) is 6.92 Å². The minimum absolute atomic E-state index is 0.0204. The minimum atomic E-state index is -0.233. The molecule has 22 heavy (non-hydrogen) atoms. The van der Waals surface area contributed by atoms with Crippen molar-refractivity contribution in [1.82, 2.24) is 19.5 Å². The van der Waals surface area contributed by atoms with E-state index in [1.54, 1.807) is 22.7 Å². The first-order chi connectivity index (χ1) is 10.5. The average Bonchev–Trinajstić information content (AvgIpc) is 2.97. The highest BCUT2D eigenvalue weighted by atomic mass is 16.2. The molecule has 6 heteroatoms. The molecule has 0 radical (unpaired) electrons. The number of carbonyl (C=O) groups is 1. The predicted molar refractivity (Wildman–Crippen MR) is 83.8 cm³/mol. The molecule has 1 aliphatic rings. The zero-order valence-electron chi connectivity index (χ0n) is 13.1. The normalized spacial score (nSPS) is 21.9. The molecule has 0 atom stereocenters. The highest BCUT2D eigenvalue weighted by Gasteiger charge is 2.20. The third-order valence-electron chi connectivity index (χ3n) is 4.49. The van der Waals surface area contributed by atoms with Gasteiger partial charge in [-0.05, 0) is 50.7 Å². The van der Waals surface area contributed by atoms with Gasteiger partial charge in [0.15, 0.2) is 0 Å². The van der Waals surface area contributed by atoms with Crippen LogP contribution in [0.5, 0.6) is 0 Å². The summed E-state index contributed by atoms with van der Waals surface area (Å²) in [4.78, 5) is 24.5. The first kappa shape index (κ1) is 14.8. The summed E-state index contributed by atoms with van der Waals surface area (Å²) in [5.41, 5.74) is 0.315. The van der Waals surface area contributed by atoms with Crippen molar-refractivity contribution in [3.63, 3.8) is 0 Å². The third-order valence-corrected chi connectivity index (χ3v) is 4.49. The molecule has 1 fully saturated rings. The summed E-state index contributed by atoms with van der Waals surface area (Å²) >= 11 is 0. The van der Waals surface area contributed by atoms with Crippen molar-refractivity contribution in [3.8, 4) is 0 Å². The second-order valence-corrected chi connectivity index (χ2v) is 6.30. The van der Waals surface area contributed by atoms with Crippen LogP contribution < -0.4 is 10.9 Å². The highest BCUT2D eigenvalue weighted by Crippen LogP contribution is 2.23. The van der Waals surface area contributed by atoms with Crippen molar-refractivity contribution >= 4 is 11.4 Å². The Kier molecular flexibility index (Phi) is 4.00. The lowest BCUT2D eigenvalue weighted by molar-refractivity contribution is -0.122. The Balaban J connectivity index is 1.71. The Labute approximate surface area is 129 Å². The van der Waals surface area contributed by atoms with E-state index in [2.05, 4.69) is 17.3 Å². The molecule has 3 rings (SSSR count). The lowest BCUT2D eigenvalue weighted by Crippen LogP contribution is -2.41. The van der Waals surface area contributed by atoms with E-state index in [0.29, 0.717) is 11.3 Å². The van der Waals surface area contributed by atoms with Crippen molar-refractivity contribution in [3.05, 3.63) is 34.5 Å². The number of carbonyl (C=O) groups excluding carboxylic acids is 1. The summed E-state index contributed by atoms with van der Waals surface area (Å²) in [7, 11) is 0. The molecule has 2 aromatic rings. The van der Waals surface area contributed by atoms with E-state index in [0.717, 1.165) is 31.6 Å². The number of amides is 1. The molecule has 1 saturated carbocycles. The van der Waals surface area contributed by atoms with Gasteiger partial charge >= 0.3 is 0 Å². The first-order valence-corrected chi connectivity index (χ1v) is 7.89. The molecule has 2 aromatic heterocycles. The van der Waals surface area contributed by atoms with Gasteiger partial charge in [0.1, 0.15) is 17.9 Å². The van der Waals surface area contributed by atoms with Gasteiger partial charge in [0.2, 0.25) is 5.91 Å². The lowest BCUT2D eigenvalue weighted by Gasteiger charge is -2.26. The third kappa shape index (κ3) is 2.91. The molecule has 0 saturated heterocycles. The zero-order chi connectivity index (χ0) is 15.7. The van der Waals surface area contributed by atoms with Gasteiger partial charge in [0, 0.05) is 12.2 Å². The fourth-order valence-corrected chi connectivity index (χ4v) is 3.16. The second-order valence-electron chi connectivity index (χ2n) is 6.30.